The molecule has 0 aromatic heterocycles. The zero-order valence-electron chi connectivity index (χ0n) is 15.6. The smallest absolute Gasteiger partial charge is 0.248 e. The van der Waals surface area contributed by atoms with Crippen LogP contribution in [0.4, 0.5) is 17.1 Å². The Balaban J connectivity index is 1.55. The molecule has 0 spiro atoms. The van der Waals surface area contributed by atoms with E-state index in [-0.39, 0.29) is 5.91 Å². The van der Waals surface area contributed by atoms with Gasteiger partial charge < -0.3 is 21.3 Å². The molecule has 2 amide bonds. The number of rotatable bonds is 6. The van der Waals surface area contributed by atoms with Crippen LogP contribution in [-0.4, -0.2) is 30.9 Å². The van der Waals surface area contributed by atoms with Crippen LogP contribution >= 0.6 is 0 Å². The number of carbonyl (C=O) groups excluding carboxylic acids is 2. The number of benzene rings is 2. The van der Waals surface area contributed by atoms with Crippen LogP contribution in [0.25, 0.3) is 0 Å². The van der Waals surface area contributed by atoms with Gasteiger partial charge in [0.25, 0.3) is 0 Å². The third-order valence-electron chi connectivity index (χ3n) is 4.80. The van der Waals surface area contributed by atoms with Gasteiger partial charge in [0.15, 0.2) is 0 Å². The Morgan fingerprint density at radius 1 is 0.926 bits per heavy atom. The van der Waals surface area contributed by atoms with Crippen LogP contribution < -0.4 is 21.3 Å². The van der Waals surface area contributed by atoms with Gasteiger partial charge in [-0.05, 0) is 74.7 Å². The first-order valence-corrected chi connectivity index (χ1v) is 9.35. The number of piperidine rings is 1. The lowest BCUT2D eigenvalue weighted by Crippen LogP contribution is -2.32. The molecule has 1 saturated heterocycles. The van der Waals surface area contributed by atoms with Crippen LogP contribution in [0.5, 0.6) is 0 Å². The molecular weight excluding hydrogens is 340 g/mol. The number of amides is 2. The number of nitrogens with two attached hydrogens (primary N) is 1. The summed E-state index contributed by atoms with van der Waals surface area (Å²) in [5.74, 6) is -0.597. The summed E-state index contributed by atoms with van der Waals surface area (Å²) >= 11 is 0. The molecule has 1 aliphatic rings. The quantitative estimate of drug-likeness (QED) is 0.732. The van der Waals surface area contributed by atoms with Crippen LogP contribution in [0.1, 0.15) is 36.5 Å². The predicted molar refractivity (Wildman–Crippen MR) is 109 cm³/mol. The lowest BCUT2D eigenvalue weighted by Gasteiger charge is -2.28. The highest BCUT2D eigenvalue weighted by molar-refractivity contribution is 5.96. The molecule has 142 valence electrons. The van der Waals surface area contributed by atoms with Crippen molar-refractivity contribution in [2.24, 2.45) is 5.73 Å². The van der Waals surface area contributed by atoms with Crippen molar-refractivity contribution in [1.29, 1.82) is 0 Å². The zero-order valence-corrected chi connectivity index (χ0v) is 15.6. The van der Waals surface area contributed by atoms with E-state index in [1.54, 1.807) is 31.2 Å². The van der Waals surface area contributed by atoms with Crippen molar-refractivity contribution in [3.63, 3.8) is 0 Å². The van der Waals surface area contributed by atoms with E-state index in [9.17, 15) is 9.59 Å². The summed E-state index contributed by atoms with van der Waals surface area (Å²) in [6.07, 6.45) is 3.78. The average Bonchev–Trinajstić information content (AvgIpc) is 2.69. The minimum absolute atomic E-state index is 0.125. The summed E-state index contributed by atoms with van der Waals surface area (Å²) in [7, 11) is 0. The molecule has 1 aliphatic heterocycles. The molecule has 4 N–H and O–H groups in total. The van der Waals surface area contributed by atoms with Crippen LogP contribution in [0.15, 0.2) is 48.5 Å². The van der Waals surface area contributed by atoms with Gasteiger partial charge in [-0.25, -0.2) is 0 Å². The van der Waals surface area contributed by atoms with Crippen molar-refractivity contribution in [3.05, 3.63) is 54.1 Å². The van der Waals surface area contributed by atoms with Gasteiger partial charge in [-0.3, -0.25) is 9.59 Å². The molecule has 0 saturated carbocycles. The summed E-state index contributed by atoms with van der Waals surface area (Å²) in [5, 5.41) is 6.05. The fourth-order valence-electron chi connectivity index (χ4n) is 3.20. The second kappa shape index (κ2) is 8.58. The molecule has 27 heavy (non-hydrogen) atoms. The highest BCUT2D eigenvalue weighted by atomic mass is 16.2. The van der Waals surface area contributed by atoms with E-state index in [1.807, 2.05) is 12.1 Å². The van der Waals surface area contributed by atoms with E-state index in [2.05, 4.69) is 27.7 Å². The first-order valence-electron chi connectivity index (χ1n) is 9.35. The molecule has 1 fully saturated rings. The summed E-state index contributed by atoms with van der Waals surface area (Å²) in [6.45, 7) is 3.99. The van der Waals surface area contributed by atoms with Crippen LogP contribution in [0.3, 0.4) is 0 Å². The van der Waals surface area contributed by atoms with Crippen molar-refractivity contribution in [2.75, 3.05) is 28.6 Å². The van der Waals surface area contributed by atoms with E-state index in [0.717, 1.165) is 24.5 Å². The number of nitrogens with zero attached hydrogens (tertiary/aromatic N) is 1. The molecule has 2 aromatic carbocycles. The molecule has 1 atom stereocenters. The lowest BCUT2D eigenvalue weighted by molar-refractivity contribution is -0.116. The Kier molecular flexibility index (Phi) is 5.96. The third-order valence-corrected chi connectivity index (χ3v) is 4.80. The second-order valence-corrected chi connectivity index (χ2v) is 6.89. The van der Waals surface area contributed by atoms with Crippen molar-refractivity contribution >= 4 is 28.9 Å². The molecular formula is C21H26N4O2. The average molecular weight is 366 g/mol. The molecule has 0 radical (unpaired) electrons. The molecule has 0 aliphatic carbocycles. The summed E-state index contributed by atoms with van der Waals surface area (Å²) in [5.41, 5.74) is 8.40. The maximum Gasteiger partial charge on any atom is 0.248 e. The molecule has 6 nitrogen and oxygen atoms in total. The Labute approximate surface area is 159 Å². The number of carbonyl (C=O) groups is 2. The third kappa shape index (κ3) is 5.00. The highest BCUT2D eigenvalue weighted by Gasteiger charge is 2.14. The van der Waals surface area contributed by atoms with Gasteiger partial charge >= 0.3 is 0 Å². The minimum Gasteiger partial charge on any atom is -0.374 e. The van der Waals surface area contributed by atoms with E-state index in [1.165, 1.54) is 24.9 Å². The van der Waals surface area contributed by atoms with Crippen LogP contribution in [0.2, 0.25) is 0 Å². The van der Waals surface area contributed by atoms with Crippen molar-refractivity contribution in [3.8, 4) is 0 Å². The van der Waals surface area contributed by atoms with Gasteiger partial charge in [0.2, 0.25) is 11.8 Å². The maximum atomic E-state index is 12.4. The largest absolute Gasteiger partial charge is 0.374 e. The fraction of sp³-hybridized carbons (Fsp3) is 0.333. The van der Waals surface area contributed by atoms with Crippen LogP contribution in [-0.2, 0) is 4.79 Å². The van der Waals surface area contributed by atoms with Gasteiger partial charge in [-0.2, -0.15) is 0 Å². The number of anilines is 3. The fourth-order valence-corrected chi connectivity index (χ4v) is 3.20. The minimum atomic E-state index is -0.472. The Morgan fingerprint density at radius 2 is 1.52 bits per heavy atom. The van der Waals surface area contributed by atoms with E-state index in [0.29, 0.717) is 5.56 Å². The molecule has 2 aromatic rings. The standard InChI is InChI=1S/C21H26N4O2/c1-15(23-17-7-5-16(6-8-17)20(22)26)21(27)24-18-9-11-19(12-10-18)25-13-3-2-4-14-25/h5-12,15,23H,2-4,13-14H2,1H3,(H2,22,26)(H,24,27). The Morgan fingerprint density at radius 3 is 2.11 bits per heavy atom. The molecule has 1 heterocycles. The van der Waals surface area contributed by atoms with Gasteiger partial charge in [0, 0.05) is 35.7 Å². The van der Waals surface area contributed by atoms with Crippen molar-refractivity contribution in [1.82, 2.24) is 0 Å². The number of hydrogen-bond acceptors (Lipinski definition) is 4. The number of nitrogens with one attached hydrogen (secondary N) is 2. The first-order chi connectivity index (χ1) is 13.0. The van der Waals surface area contributed by atoms with Crippen LogP contribution in [0, 0.1) is 0 Å². The van der Waals surface area contributed by atoms with Gasteiger partial charge in [0.05, 0.1) is 0 Å². The number of hydrogen-bond donors (Lipinski definition) is 3. The summed E-state index contributed by atoms with van der Waals surface area (Å²) in [6, 6.07) is 14.3. The van der Waals surface area contributed by atoms with Gasteiger partial charge in [0.1, 0.15) is 6.04 Å². The SMILES string of the molecule is CC(Nc1ccc(C(N)=O)cc1)C(=O)Nc1ccc(N2CCCCC2)cc1. The normalized spacial score (nSPS) is 15.1. The first kappa shape index (κ1) is 18.8. The predicted octanol–water partition coefficient (Wildman–Crippen LogP) is 3.21. The van der Waals surface area contributed by atoms with Gasteiger partial charge in [-0.15, -0.1) is 0 Å². The van der Waals surface area contributed by atoms with Gasteiger partial charge in [-0.1, -0.05) is 0 Å². The Bertz CT molecular complexity index is 781. The van der Waals surface area contributed by atoms with E-state index in [4.69, 9.17) is 5.73 Å². The van der Waals surface area contributed by atoms with E-state index < -0.39 is 11.9 Å². The van der Waals surface area contributed by atoms with E-state index >= 15 is 0 Å². The Hall–Kier alpha value is -3.02. The maximum absolute atomic E-state index is 12.4. The topological polar surface area (TPSA) is 87.5 Å². The lowest BCUT2D eigenvalue weighted by atomic mass is 10.1. The second-order valence-electron chi connectivity index (χ2n) is 6.89. The summed E-state index contributed by atoms with van der Waals surface area (Å²) in [4.78, 5) is 25.9. The zero-order chi connectivity index (χ0) is 19.2. The number of primary amides is 1. The molecule has 6 heteroatoms. The monoisotopic (exact) mass is 366 g/mol. The molecule has 0 bridgehead atoms. The van der Waals surface area contributed by atoms with Crippen molar-refractivity contribution < 1.29 is 9.59 Å². The molecule has 1 unspecified atom stereocenters. The van der Waals surface area contributed by atoms with Crippen molar-refractivity contribution in [2.45, 2.75) is 32.2 Å². The molecule has 3 rings (SSSR count). The summed E-state index contributed by atoms with van der Waals surface area (Å²) < 4.78 is 0. The highest BCUT2D eigenvalue weighted by Crippen LogP contribution is 2.22.